The van der Waals surface area contributed by atoms with Gasteiger partial charge in [0.05, 0.1) is 5.69 Å². The van der Waals surface area contributed by atoms with Crippen LogP contribution in [-0.2, 0) is 4.79 Å². The number of fused-ring (bicyclic) bond motifs is 1. The Morgan fingerprint density at radius 2 is 1.93 bits per heavy atom. The monoisotopic (exact) mass is 421 g/mol. The molecule has 0 aliphatic rings. The van der Waals surface area contributed by atoms with Gasteiger partial charge in [-0.15, -0.1) is 10.2 Å². The summed E-state index contributed by atoms with van der Waals surface area (Å²) in [6.07, 6.45) is 1.09. The number of hydrogen-bond donors (Lipinski definition) is 1. The number of nitrogens with one attached hydrogen (secondary N) is 1. The Labute approximate surface area is 178 Å². The number of benzene rings is 2. The number of amides is 1. The molecule has 8 heteroatoms. The van der Waals surface area contributed by atoms with E-state index >= 15 is 0 Å². The van der Waals surface area contributed by atoms with Crippen molar-refractivity contribution in [3.8, 4) is 16.3 Å². The highest BCUT2D eigenvalue weighted by atomic mass is 32.1. The van der Waals surface area contributed by atoms with Crippen molar-refractivity contribution in [1.82, 2.24) is 19.8 Å². The molecule has 0 aliphatic heterocycles. The van der Waals surface area contributed by atoms with Gasteiger partial charge < -0.3 is 10.1 Å². The number of anilines is 1. The van der Waals surface area contributed by atoms with Crippen LogP contribution in [0.2, 0.25) is 0 Å². The van der Waals surface area contributed by atoms with E-state index in [1.54, 1.807) is 4.52 Å². The van der Waals surface area contributed by atoms with Crippen LogP contribution in [0, 0.1) is 6.92 Å². The van der Waals surface area contributed by atoms with Gasteiger partial charge in [0.1, 0.15) is 10.8 Å². The van der Waals surface area contributed by atoms with Gasteiger partial charge in [-0.05, 0) is 49.1 Å². The summed E-state index contributed by atoms with van der Waals surface area (Å²) in [7, 11) is 0. The number of carbonyl (C=O) groups is 1. The first-order chi connectivity index (χ1) is 14.5. The fourth-order valence-corrected chi connectivity index (χ4v) is 3.99. The fraction of sp³-hybridized carbons (Fsp3) is 0.273. The average molecular weight is 422 g/mol. The molecule has 4 aromatic rings. The van der Waals surface area contributed by atoms with Crippen LogP contribution in [0.15, 0.2) is 48.5 Å². The molecule has 2 heterocycles. The average Bonchev–Trinajstić information content (AvgIpc) is 3.34. The molecule has 154 valence electrons. The quantitative estimate of drug-likeness (QED) is 0.468. The third-order valence-electron chi connectivity index (χ3n) is 5.01. The molecule has 0 aliphatic carbocycles. The second kappa shape index (κ2) is 8.62. The second-order valence-electron chi connectivity index (χ2n) is 7.11. The highest BCUT2D eigenvalue weighted by Crippen LogP contribution is 2.31. The van der Waals surface area contributed by atoms with Crippen molar-refractivity contribution in [3.05, 3.63) is 59.9 Å². The number of nitrogens with zero attached hydrogens (tertiary/aromatic N) is 4. The molecule has 1 amide bonds. The van der Waals surface area contributed by atoms with E-state index in [0.29, 0.717) is 22.3 Å². The Morgan fingerprint density at radius 3 is 2.67 bits per heavy atom. The van der Waals surface area contributed by atoms with Crippen LogP contribution in [-0.4, -0.2) is 32.3 Å². The summed E-state index contributed by atoms with van der Waals surface area (Å²) < 4.78 is 7.36. The first-order valence-corrected chi connectivity index (χ1v) is 10.7. The number of hydrogen-bond acceptors (Lipinski definition) is 6. The Hall–Kier alpha value is -3.26. The SMILES string of the molecule is CC[C@H](C)c1ccc(OCC(=O)Nc2ccccc2-c2nn3c(C)nnc3s2)cc1. The van der Waals surface area contributed by atoms with Crippen molar-refractivity contribution in [1.29, 1.82) is 0 Å². The summed E-state index contributed by atoms with van der Waals surface area (Å²) in [5, 5.41) is 16.4. The molecule has 0 saturated heterocycles. The zero-order valence-corrected chi connectivity index (χ0v) is 17.9. The predicted octanol–water partition coefficient (Wildman–Crippen LogP) is 4.69. The standard InChI is InChI=1S/C22H23N5O2S/c1-4-14(2)16-9-11-17(12-10-16)29-13-20(28)23-19-8-6-5-7-18(19)21-26-27-15(3)24-25-22(27)30-21/h5-12,14H,4,13H2,1-3H3,(H,23,28)/t14-/m0/s1. The summed E-state index contributed by atoms with van der Waals surface area (Å²) in [6.45, 7) is 6.14. The van der Waals surface area contributed by atoms with E-state index < -0.39 is 0 Å². The largest absolute Gasteiger partial charge is 0.484 e. The topological polar surface area (TPSA) is 81.4 Å². The minimum atomic E-state index is -0.229. The van der Waals surface area contributed by atoms with Gasteiger partial charge in [0.2, 0.25) is 4.96 Å². The highest BCUT2D eigenvalue weighted by molar-refractivity contribution is 7.19. The summed E-state index contributed by atoms with van der Waals surface area (Å²) >= 11 is 1.42. The van der Waals surface area contributed by atoms with Crippen molar-refractivity contribution < 1.29 is 9.53 Å². The van der Waals surface area contributed by atoms with Crippen LogP contribution in [0.3, 0.4) is 0 Å². The predicted molar refractivity (Wildman–Crippen MR) is 118 cm³/mol. The van der Waals surface area contributed by atoms with Gasteiger partial charge in [0.25, 0.3) is 5.91 Å². The Bertz CT molecular complexity index is 1170. The van der Waals surface area contributed by atoms with E-state index in [-0.39, 0.29) is 12.5 Å². The number of carbonyl (C=O) groups excluding carboxylic acids is 1. The molecule has 1 N–H and O–H groups in total. The van der Waals surface area contributed by atoms with E-state index in [1.165, 1.54) is 16.9 Å². The molecule has 1 atom stereocenters. The Balaban J connectivity index is 1.43. The lowest BCUT2D eigenvalue weighted by Gasteiger charge is -2.12. The molecular weight excluding hydrogens is 398 g/mol. The highest BCUT2D eigenvalue weighted by Gasteiger charge is 2.15. The van der Waals surface area contributed by atoms with Gasteiger partial charge in [-0.2, -0.15) is 9.61 Å². The maximum absolute atomic E-state index is 12.5. The van der Waals surface area contributed by atoms with Gasteiger partial charge in [0.15, 0.2) is 12.4 Å². The van der Waals surface area contributed by atoms with E-state index in [1.807, 2.05) is 55.5 Å². The molecule has 0 spiro atoms. The number of aryl methyl sites for hydroxylation is 1. The molecule has 0 saturated carbocycles. The van der Waals surface area contributed by atoms with Crippen molar-refractivity contribution in [2.24, 2.45) is 0 Å². The van der Waals surface area contributed by atoms with Gasteiger partial charge in [-0.3, -0.25) is 4.79 Å². The number of para-hydroxylation sites is 1. The number of aromatic nitrogens is 4. The smallest absolute Gasteiger partial charge is 0.262 e. The first kappa shape index (κ1) is 20.0. The summed E-state index contributed by atoms with van der Waals surface area (Å²) in [5.41, 5.74) is 2.78. The normalized spacial score (nSPS) is 12.1. The van der Waals surface area contributed by atoms with Crippen LogP contribution < -0.4 is 10.1 Å². The van der Waals surface area contributed by atoms with Crippen LogP contribution in [0.25, 0.3) is 15.5 Å². The van der Waals surface area contributed by atoms with E-state index in [4.69, 9.17) is 4.74 Å². The molecule has 0 unspecified atom stereocenters. The third kappa shape index (κ3) is 4.18. The van der Waals surface area contributed by atoms with Crippen molar-refractivity contribution in [3.63, 3.8) is 0 Å². The van der Waals surface area contributed by atoms with Gasteiger partial charge in [-0.25, -0.2) is 0 Å². The molecule has 30 heavy (non-hydrogen) atoms. The molecule has 2 aromatic carbocycles. The van der Waals surface area contributed by atoms with E-state index in [0.717, 1.165) is 22.8 Å². The number of rotatable bonds is 7. The molecule has 7 nitrogen and oxygen atoms in total. The zero-order chi connectivity index (χ0) is 21.1. The first-order valence-electron chi connectivity index (χ1n) is 9.86. The fourth-order valence-electron chi connectivity index (χ4n) is 3.07. The number of ether oxygens (including phenoxy) is 1. The minimum Gasteiger partial charge on any atom is -0.484 e. The van der Waals surface area contributed by atoms with Gasteiger partial charge in [-0.1, -0.05) is 49.4 Å². The van der Waals surface area contributed by atoms with Crippen LogP contribution in [0.1, 0.15) is 37.6 Å². The molecule has 2 aromatic heterocycles. The lowest BCUT2D eigenvalue weighted by atomic mass is 9.99. The van der Waals surface area contributed by atoms with E-state index in [2.05, 4.69) is 34.5 Å². The maximum atomic E-state index is 12.5. The summed E-state index contributed by atoms with van der Waals surface area (Å²) in [6, 6.07) is 15.5. The molecular formula is C22H23N5O2S. The summed E-state index contributed by atoms with van der Waals surface area (Å²) in [4.78, 5) is 13.2. The maximum Gasteiger partial charge on any atom is 0.262 e. The molecule has 0 radical (unpaired) electrons. The Morgan fingerprint density at radius 1 is 1.17 bits per heavy atom. The minimum absolute atomic E-state index is 0.0682. The lowest BCUT2D eigenvalue weighted by molar-refractivity contribution is -0.118. The molecule has 0 fully saturated rings. The molecule has 0 bridgehead atoms. The van der Waals surface area contributed by atoms with Crippen LogP contribution in [0.5, 0.6) is 5.75 Å². The van der Waals surface area contributed by atoms with Crippen molar-refractivity contribution >= 4 is 27.9 Å². The second-order valence-corrected chi connectivity index (χ2v) is 8.07. The van der Waals surface area contributed by atoms with Crippen LogP contribution >= 0.6 is 11.3 Å². The summed E-state index contributed by atoms with van der Waals surface area (Å²) in [5.74, 6) is 1.68. The van der Waals surface area contributed by atoms with Crippen molar-refractivity contribution in [2.45, 2.75) is 33.1 Å². The van der Waals surface area contributed by atoms with Gasteiger partial charge in [0, 0.05) is 5.56 Å². The third-order valence-corrected chi connectivity index (χ3v) is 5.94. The zero-order valence-electron chi connectivity index (χ0n) is 17.1. The van der Waals surface area contributed by atoms with E-state index in [9.17, 15) is 4.79 Å². The van der Waals surface area contributed by atoms with Crippen LogP contribution in [0.4, 0.5) is 5.69 Å². The van der Waals surface area contributed by atoms with Gasteiger partial charge >= 0.3 is 0 Å². The molecule has 4 rings (SSSR count). The lowest BCUT2D eigenvalue weighted by Crippen LogP contribution is -2.20. The Kier molecular flexibility index (Phi) is 5.76. The van der Waals surface area contributed by atoms with Crippen molar-refractivity contribution in [2.75, 3.05) is 11.9 Å².